The molecule has 4 bridgehead atoms. The van der Waals surface area contributed by atoms with Crippen LogP contribution in [0.4, 0.5) is 18.9 Å². The number of carbonyl (C=O) groups is 1. The van der Waals surface area contributed by atoms with E-state index in [-0.39, 0.29) is 29.1 Å². The lowest BCUT2D eigenvalue weighted by Gasteiger charge is -2.56. The van der Waals surface area contributed by atoms with Gasteiger partial charge in [-0.3, -0.25) is 4.79 Å². The summed E-state index contributed by atoms with van der Waals surface area (Å²) in [5.74, 6) is 0.610. The van der Waals surface area contributed by atoms with Gasteiger partial charge in [-0.05, 0) is 68.8 Å². The average Bonchev–Trinajstić information content (AvgIpc) is 2.76. The number of hydrogen-bond acceptors (Lipinski definition) is 2. The van der Waals surface area contributed by atoms with Crippen molar-refractivity contribution in [3.63, 3.8) is 0 Å². The Morgan fingerprint density at radius 3 is 2.19 bits per heavy atom. The van der Waals surface area contributed by atoms with Gasteiger partial charge in [-0.2, -0.15) is 13.2 Å². The molecule has 6 heteroatoms. The molecular weight excluding hydrogens is 343 g/mol. The quantitative estimate of drug-likeness (QED) is 0.820. The minimum atomic E-state index is -5.03. The van der Waals surface area contributed by atoms with Crippen molar-refractivity contribution in [2.45, 2.75) is 56.8 Å². The first-order chi connectivity index (χ1) is 12.2. The van der Waals surface area contributed by atoms with Crippen LogP contribution in [-0.2, 0) is 10.4 Å². The zero-order valence-electron chi connectivity index (χ0n) is 14.6. The molecule has 6 rings (SSSR count). The van der Waals surface area contributed by atoms with Gasteiger partial charge < -0.3 is 10.0 Å². The smallest absolute Gasteiger partial charge is 0.368 e. The van der Waals surface area contributed by atoms with Crippen LogP contribution in [-0.4, -0.2) is 23.2 Å². The predicted molar refractivity (Wildman–Crippen MR) is 89.4 cm³/mol. The first kappa shape index (κ1) is 16.6. The van der Waals surface area contributed by atoms with Crippen molar-refractivity contribution in [3.05, 3.63) is 29.3 Å². The molecule has 0 saturated heterocycles. The maximum absolute atomic E-state index is 13.8. The Hall–Kier alpha value is -1.56. The summed E-state index contributed by atoms with van der Waals surface area (Å²) < 4.78 is 41.4. The van der Waals surface area contributed by atoms with E-state index in [4.69, 9.17) is 0 Å². The Balaban J connectivity index is 1.64. The molecule has 1 atom stereocenters. The molecule has 0 aromatic heterocycles. The summed E-state index contributed by atoms with van der Waals surface area (Å²) in [6, 6.07) is 4.40. The average molecular weight is 365 g/mol. The van der Waals surface area contributed by atoms with Gasteiger partial charge in [0.15, 0.2) is 0 Å². The minimum absolute atomic E-state index is 0.215. The Morgan fingerprint density at radius 1 is 1.08 bits per heavy atom. The van der Waals surface area contributed by atoms with Crippen LogP contribution in [0, 0.1) is 30.6 Å². The van der Waals surface area contributed by atoms with Crippen molar-refractivity contribution >= 4 is 11.6 Å². The van der Waals surface area contributed by atoms with Crippen LogP contribution in [0.5, 0.6) is 0 Å². The van der Waals surface area contributed by atoms with Gasteiger partial charge in [-0.1, -0.05) is 17.7 Å². The molecule has 1 aromatic carbocycles. The fraction of sp³-hybridized carbons (Fsp3) is 0.650. The van der Waals surface area contributed by atoms with Crippen LogP contribution >= 0.6 is 0 Å². The highest BCUT2D eigenvalue weighted by Gasteiger charge is 2.68. The van der Waals surface area contributed by atoms with Gasteiger partial charge in [0.05, 0.1) is 5.69 Å². The highest BCUT2D eigenvalue weighted by atomic mass is 19.4. The summed E-state index contributed by atoms with van der Waals surface area (Å²) in [7, 11) is 0. The fourth-order valence-corrected chi connectivity index (χ4v) is 6.44. The highest BCUT2D eigenvalue weighted by molar-refractivity contribution is 6.08. The van der Waals surface area contributed by atoms with Crippen molar-refractivity contribution in [2.24, 2.45) is 23.7 Å². The number of benzene rings is 1. The van der Waals surface area contributed by atoms with E-state index in [1.807, 2.05) is 0 Å². The molecule has 4 fully saturated rings. The third-order valence-corrected chi connectivity index (χ3v) is 7.22. The first-order valence-corrected chi connectivity index (χ1v) is 9.44. The van der Waals surface area contributed by atoms with Crippen molar-refractivity contribution in [3.8, 4) is 0 Å². The third-order valence-electron chi connectivity index (χ3n) is 7.22. The molecule has 0 unspecified atom stereocenters. The van der Waals surface area contributed by atoms with E-state index in [2.05, 4.69) is 0 Å². The van der Waals surface area contributed by atoms with E-state index in [1.54, 1.807) is 19.1 Å². The molecule has 3 nitrogen and oxygen atoms in total. The number of amides is 1. The molecule has 5 aliphatic rings. The van der Waals surface area contributed by atoms with Gasteiger partial charge in [-0.25, -0.2) is 0 Å². The summed E-state index contributed by atoms with van der Waals surface area (Å²) in [5.41, 5.74) is -2.88. The second-order valence-electron chi connectivity index (χ2n) is 8.83. The highest BCUT2D eigenvalue weighted by Crippen LogP contribution is 2.59. The Bertz CT molecular complexity index is 762. The van der Waals surface area contributed by atoms with Gasteiger partial charge in [0.2, 0.25) is 0 Å². The normalized spacial score (nSPS) is 41.0. The molecule has 26 heavy (non-hydrogen) atoms. The molecule has 1 N–H and O–H groups in total. The summed E-state index contributed by atoms with van der Waals surface area (Å²) in [6.07, 6.45) is 0.170. The predicted octanol–water partition coefficient (Wildman–Crippen LogP) is 3.92. The number of carbonyl (C=O) groups excluding carboxylic acids is 1. The molecule has 4 aliphatic carbocycles. The topological polar surface area (TPSA) is 40.5 Å². The summed E-state index contributed by atoms with van der Waals surface area (Å²) in [5, 5.41) is 10.6. The second kappa shape index (κ2) is 5.03. The van der Waals surface area contributed by atoms with Crippen molar-refractivity contribution in [2.75, 3.05) is 4.90 Å². The van der Waals surface area contributed by atoms with Crippen molar-refractivity contribution in [1.29, 1.82) is 0 Å². The molecule has 4 saturated carbocycles. The minimum Gasteiger partial charge on any atom is -0.368 e. The lowest BCUT2D eigenvalue weighted by molar-refractivity contribution is -0.253. The van der Waals surface area contributed by atoms with Crippen molar-refractivity contribution < 1.29 is 23.1 Å². The largest absolute Gasteiger partial charge is 0.430 e. The van der Waals surface area contributed by atoms with Crippen LogP contribution in [0.3, 0.4) is 0 Å². The summed E-state index contributed by atoms with van der Waals surface area (Å²) >= 11 is 0. The number of halogens is 3. The number of anilines is 1. The third kappa shape index (κ3) is 1.97. The Labute approximate surface area is 150 Å². The van der Waals surface area contributed by atoms with Gasteiger partial charge in [-0.15, -0.1) is 0 Å². The molecule has 0 radical (unpaired) electrons. The SMILES string of the molecule is Cc1ccc2c(c1)[C@](O)(C(F)(F)F)C(=O)N2C1C2CC3CC(C2)CC1C3. The van der Waals surface area contributed by atoms with Crippen LogP contribution in [0.25, 0.3) is 0 Å². The summed E-state index contributed by atoms with van der Waals surface area (Å²) in [4.78, 5) is 14.3. The standard InChI is InChI=1S/C20H22F3NO2/c1-10-2-3-16-15(4-10)19(26,20(21,22)23)18(25)24(16)17-13-6-11-5-12(8-13)9-14(17)7-11/h2-4,11-14,17,26H,5-9H2,1H3/t11?,12?,13?,14?,17?,19-/m1/s1. The second-order valence-corrected chi connectivity index (χ2v) is 8.83. The lowest BCUT2D eigenvalue weighted by Crippen LogP contribution is -2.60. The van der Waals surface area contributed by atoms with E-state index in [1.165, 1.54) is 17.4 Å². The van der Waals surface area contributed by atoms with Crippen LogP contribution < -0.4 is 4.90 Å². The van der Waals surface area contributed by atoms with Gasteiger partial charge in [0.1, 0.15) is 0 Å². The molecular formula is C20H22F3NO2. The van der Waals surface area contributed by atoms with Crippen LogP contribution in [0.1, 0.15) is 43.2 Å². The van der Waals surface area contributed by atoms with E-state index in [9.17, 15) is 23.1 Å². The van der Waals surface area contributed by atoms with E-state index in [0.717, 1.165) is 25.7 Å². The molecule has 1 heterocycles. The molecule has 0 spiro atoms. The lowest BCUT2D eigenvalue weighted by atomic mass is 9.54. The van der Waals surface area contributed by atoms with Gasteiger partial charge >= 0.3 is 6.18 Å². The maximum Gasteiger partial charge on any atom is 0.430 e. The summed E-state index contributed by atoms with van der Waals surface area (Å²) in [6.45, 7) is 1.67. The number of nitrogens with zero attached hydrogens (tertiary/aromatic N) is 1. The maximum atomic E-state index is 13.8. The number of aliphatic hydroxyl groups is 1. The van der Waals surface area contributed by atoms with E-state index in [0.29, 0.717) is 17.4 Å². The molecule has 1 aliphatic heterocycles. The monoisotopic (exact) mass is 365 g/mol. The van der Waals surface area contributed by atoms with Gasteiger partial charge in [0.25, 0.3) is 11.5 Å². The zero-order valence-corrected chi connectivity index (χ0v) is 14.6. The molecule has 1 aromatic rings. The number of rotatable bonds is 1. The number of fused-ring (bicyclic) bond motifs is 1. The number of hydrogen-bond donors (Lipinski definition) is 1. The zero-order chi connectivity index (χ0) is 18.4. The first-order valence-electron chi connectivity index (χ1n) is 9.44. The molecule has 140 valence electrons. The van der Waals surface area contributed by atoms with Gasteiger partial charge in [0, 0.05) is 11.6 Å². The number of aryl methyl sites for hydroxylation is 1. The fourth-order valence-electron chi connectivity index (χ4n) is 6.44. The van der Waals surface area contributed by atoms with E-state index < -0.39 is 17.7 Å². The van der Waals surface area contributed by atoms with Crippen LogP contribution in [0.15, 0.2) is 18.2 Å². The molecule has 1 amide bonds. The Kier molecular flexibility index (Phi) is 3.21. The van der Waals surface area contributed by atoms with Crippen molar-refractivity contribution in [1.82, 2.24) is 0 Å². The van der Waals surface area contributed by atoms with E-state index >= 15 is 0 Å². The van der Waals surface area contributed by atoms with Crippen LogP contribution in [0.2, 0.25) is 0 Å². The Morgan fingerprint density at radius 2 is 1.65 bits per heavy atom. The number of alkyl halides is 3.